The highest BCUT2D eigenvalue weighted by Crippen LogP contribution is 2.32. The van der Waals surface area contributed by atoms with Crippen LogP contribution in [0, 0.1) is 17.5 Å². The van der Waals surface area contributed by atoms with Crippen LogP contribution in [0.4, 0.5) is 18.0 Å². The van der Waals surface area contributed by atoms with Crippen LogP contribution in [0.25, 0.3) is 6.08 Å². The van der Waals surface area contributed by atoms with Crippen LogP contribution in [0.2, 0.25) is 0 Å². The van der Waals surface area contributed by atoms with Gasteiger partial charge in [-0.1, -0.05) is 0 Å². The molecule has 2 N–H and O–H groups in total. The lowest BCUT2D eigenvalue weighted by atomic mass is 10.2. The first-order chi connectivity index (χ1) is 9.43. The average Bonchev–Trinajstić information content (AvgIpc) is 2.64. The first-order valence-electron chi connectivity index (χ1n) is 5.54. The first kappa shape index (κ1) is 14.6. The number of hydrogen-bond acceptors (Lipinski definition) is 4. The molecular weight excluding hydrogens is 293 g/mol. The Morgan fingerprint density at radius 2 is 1.80 bits per heavy atom. The minimum Gasteiger partial charge on any atom is -0.329 e. The largest absolute Gasteiger partial charge is 0.329 e. The molecule has 2 rings (SSSR count). The van der Waals surface area contributed by atoms with Gasteiger partial charge in [0.1, 0.15) is 5.82 Å². The molecule has 0 aromatic heterocycles. The normalized spacial score (nSPS) is 17.4. The zero-order valence-electron chi connectivity index (χ0n) is 10.0. The minimum absolute atomic E-state index is 0.0439. The molecule has 1 heterocycles. The number of amides is 2. The Morgan fingerprint density at radius 1 is 1.15 bits per heavy atom. The van der Waals surface area contributed by atoms with Crippen molar-refractivity contribution in [1.29, 1.82) is 0 Å². The molecule has 0 unspecified atom stereocenters. The Kier molecular flexibility index (Phi) is 4.15. The molecule has 1 aromatic carbocycles. The summed E-state index contributed by atoms with van der Waals surface area (Å²) in [5.74, 6) is -4.21. The maximum Gasteiger partial charge on any atom is 0.293 e. The van der Waals surface area contributed by atoms with E-state index in [1.807, 2.05) is 0 Å². The second kappa shape index (κ2) is 5.68. The van der Waals surface area contributed by atoms with Gasteiger partial charge in [0.15, 0.2) is 11.6 Å². The van der Waals surface area contributed by atoms with Gasteiger partial charge in [0.05, 0.1) is 4.91 Å². The lowest BCUT2D eigenvalue weighted by Gasteiger charge is -2.09. The van der Waals surface area contributed by atoms with Crippen molar-refractivity contribution in [3.63, 3.8) is 0 Å². The second-order valence-electron chi connectivity index (χ2n) is 3.91. The van der Waals surface area contributed by atoms with Gasteiger partial charge in [-0.25, -0.2) is 13.2 Å². The van der Waals surface area contributed by atoms with Gasteiger partial charge in [0.2, 0.25) is 0 Å². The number of carbonyl (C=O) groups is 2. The maximum atomic E-state index is 13.5. The molecule has 0 saturated carbocycles. The van der Waals surface area contributed by atoms with Crippen LogP contribution < -0.4 is 5.73 Å². The molecule has 8 heteroatoms. The summed E-state index contributed by atoms with van der Waals surface area (Å²) >= 11 is 0.595. The van der Waals surface area contributed by atoms with Crippen molar-refractivity contribution < 1.29 is 22.8 Å². The van der Waals surface area contributed by atoms with E-state index in [1.54, 1.807) is 0 Å². The number of imide groups is 1. The highest BCUT2D eigenvalue weighted by atomic mass is 32.2. The molecule has 0 aliphatic carbocycles. The molecule has 0 radical (unpaired) electrons. The third-order valence-corrected chi connectivity index (χ3v) is 3.46. The Bertz CT molecular complexity index is 619. The Hall–Kier alpha value is -1.80. The summed E-state index contributed by atoms with van der Waals surface area (Å²) in [5, 5.41) is -0.533. The monoisotopic (exact) mass is 302 g/mol. The van der Waals surface area contributed by atoms with Gasteiger partial charge in [0.25, 0.3) is 11.1 Å². The van der Waals surface area contributed by atoms with E-state index in [0.717, 1.165) is 11.0 Å². The molecule has 1 aliphatic rings. The van der Waals surface area contributed by atoms with Crippen molar-refractivity contribution in [3.05, 3.63) is 40.1 Å². The molecule has 1 fully saturated rings. The van der Waals surface area contributed by atoms with E-state index in [1.165, 1.54) is 0 Å². The lowest BCUT2D eigenvalue weighted by Crippen LogP contribution is -2.33. The van der Waals surface area contributed by atoms with E-state index < -0.39 is 28.6 Å². The Morgan fingerprint density at radius 3 is 2.45 bits per heavy atom. The van der Waals surface area contributed by atoms with Crippen molar-refractivity contribution in [2.24, 2.45) is 5.73 Å². The molecule has 106 valence electrons. The number of hydrogen-bond donors (Lipinski definition) is 1. The second-order valence-corrected chi connectivity index (χ2v) is 4.90. The van der Waals surface area contributed by atoms with Crippen LogP contribution in [-0.4, -0.2) is 29.1 Å². The summed E-state index contributed by atoms with van der Waals surface area (Å²) < 4.78 is 39.3. The zero-order valence-corrected chi connectivity index (χ0v) is 10.8. The molecule has 2 amide bonds. The predicted molar refractivity (Wildman–Crippen MR) is 68.0 cm³/mol. The van der Waals surface area contributed by atoms with Crippen molar-refractivity contribution in [1.82, 2.24) is 4.90 Å². The van der Waals surface area contributed by atoms with E-state index in [4.69, 9.17) is 5.73 Å². The van der Waals surface area contributed by atoms with E-state index in [9.17, 15) is 22.8 Å². The Balaban J connectivity index is 2.35. The molecule has 0 bridgehead atoms. The molecular formula is C12H9F3N2O2S. The number of nitrogens with two attached hydrogens (primary N) is 1. The summed E-state index contributed by atoms with van der Waals surface area (Å²) in [6.45, 7) is 0.146. The Labute approximate surface area is 116 Å². The summed E-state index contributed by atoms with van der Waals surface area (Å²) in [6.07, 6.45) is 1.01. The van der Waals surface area contributed by atoms with E-state index in [2.05, 4.69) is 0 Å². The van der Waals surface area contributed by atoms with Gasteiger partial charge < -0.3 is 5.73 Å². The fourth-order valence-corrected chi connectivity index (χ4v) is 2.47. The molecule has 1 aromatic rings. The van der Waals surface area contributed by atoms with E-state index >= 15 is 0 Å². The summed E-state index contributed by atoms with van der Waals surface area (Å²) in [7, 11) is 0. The molecule has 20 heavy (non-hydrogen) atoms. The SMILES string of the molecule is NCCN1C(=O)S/C(=C\c2cc(F)c(F)cc2F)C1=O. The number of thioether (sulfide) groups is 1. The van der Waals surface area contributed by atoms with Crippen molar-refractivity contribution in [2.75, 3.05) is 13.1 Å². The first-order valence-corrected chi connectivity index (χ1v) is 6.35. The van der Waals surface area contributed by atoms with Gasteiger partial charge in [-0.15, -0.1) is 0 Å². The fourth-order valence-electron chi connectivity index (χ4n) is 1.61. The van der Waals surface area contributed by atoms with Crippen LogP contribution in [0.3, 0.4) is 0 Å². The number of nitrogens with zero attached hydrogens (tertiary/aromatic N) is 1. The molecule has 1 aliphatic heterocycles. The van der Waals surface area contributed by atoms with Crippen LogP contribution in [0.15, 0.2) is 17.0 Å². The predicted octanol–water partition coefficient (Wildman–Crippen LogP) is 2.10. The zero-order chi connectivity index (χ0) is 14.9. The van der Waals surface area contributed by atoms with Gasteiger partial charge >= 0.3 is 0 Å². The molecule has 0 atom stereocenters. The summed E-state index contributed by atoms with van der Waals surface area (Å²) in [5.41, 5.74) is 4.96. The van der Waals surface area contributed by atoms with Gasteiger partial charge in [-0.2, -0.15) is 0 Å². The smallest absolute Gasteiger partial charge is 0.293 e. The molecule has 0 spiro atoms. The number of halogens is 3. The third-order valence-electron chi connectivity index (χ3n) is 2.55. The van der Waals surface area contributed by atoms with Crippen molar-refractivity contribution in [2.45, 2.75) is 0 Å². The van der Waals surface area contributed by atoms with Crippen LogP contribution in [0.5, 0.6) is 0 Å². The van der Waals surface area contributed by atoms with Crippen molar-refractivity contribution >= 4 is 29.0 Å². The maximum absolute atomic E-state index is 13.5. The minimum atomic E-state index is -1.32. The third kappa shape index (κ3) is 2.70. The molecule has 4 nitrogen and oxygen atoms in total. The van der Waals surface area contributed by atoms with Gasteiger partial charge in [0, 0.05) is 24.7 Å². The van der Waals surface area contributed by atoms with Crippen molar-refractivity contribution in [3.8, 4) is 0 Å². The van der Waals surface area contributed by atoms with Crippen LogP contribution in [-0.2, 0) is 4.79 Å². The summed E-state index contributed by atoms with van der Waals surface area (Å²) in [6, 6.07) is 1.01. The average molecular weight is 302 g/mol. The van der Waals surface area contributed by atoms with Gasteiger partial charge in [-0.3, -0.25) is 14.5 Å². The highest BCUT2D eigenvalue weighted by molar-refractivity contribution is 8.18. The fraction of sp³-hybridized carbons (Fsp3) is 0.167. The van der Waals surface area contributed by atoms with Crippen LogP contribution in [0.1, 0.15) is 5.56 Å². The van der Waals surface area contributed by atoms with E-state index in [-0.39, 0.29) is 23.6 Å². The molecule has 1 saturated heterocycles. The van der Waals surface area contributed by atoms with Crippen LogP contribution >= 0.6 is 11.8 Å². The highest BCUT2D eigenvalue weighted by Gasteiger charge is 2.34. The summed E-state index contributed by atoms with van der Waals surface area (Å²) in [4.78, 5) is 24.2. The standard InChI is InChI=1S/C12H9F3N2O2S/c13-7-5-9(15)8(14)3-6(7)4-10-11(18)17(2-1-16)12(19)20-10/h3-5H,1-2,16H2/b10-4-. The number of benzene rings is 1. The number of rotatable bonds is 3. The lowest BCUT2D eigenvalue weighted by molar-refractivity contribution is -0.122. The quantitative estimate of drug-likeness (QED) is 0.686. The van der Waals surface area contributed by atoms with Gasteiger partial charge in [-0.05, 0) is 23.9 Å². The topological polar surface area (TPSA) is 63.4 Å². The van der Waals surface area contributed by atoms with E-state index in [0.29, 0.717) is 23.9 Å². The number of carbonyl (C=O) groups excluding carboxylic acids is 2.